The zero-order valence-electron chi connectivity index (χ0n) is 25.2. The molecule has 9 nitrogen and oxygen atoms in total. The summed E-state index contributed by atoms with van der Waals surface area (Å²) in [6.45, 7) is 5.90. The fourth-order valence-electron chi connectivity index (χ4n) is 5.60. The van der Waals surface area contributed by atoms with Crippen molar-refractivity contribution >= 4 is 16.0 Å². The molecule has 12 heteroatoms. The average molecular weight is 624 g/mol. The van der Waals surface area contributed by atoms with Crippen LogP contribution >= 0.6 is 0 Å². The number of carbonyl (C=O) groups excluding carboxylic acids is 1. The Labute approximate surface area is 275 Å². The van der Waals surface area contributed by atoms with Crippen LogP contribution in [0.4, 0.5) is 4.39 Å². The van der Waals surface area contributed by atoms with Crippen molar-refractivity contribution in [2.45, 2.75) is 62.7 Å². The number of hydrogen-bond donors (Lipinski definition) is 2. The maximum atomic E-state index is 14.5. The summed E-state index contributed by atoms with van der Waals surface area (Å²) < 4.78 is 46.5. The molecule has 1 aliphatic rings. The fourth-order valence-corrected chi connectivity index (χ4v) is 7.59. The zero-order chi connectivity index (χ0) is 30.6. The number of rotatable bonds is 12. The number of aromatic nitrogens is 1. The number of benzene rings is 2. The molecule has 2 heterocycles. The van der Waals surface area contributed by atoms with Crippen LogP contribution in [0.15, 0.2) is 59.5 Å². The van der Waals surface area contributed by atoms with Crippen LogP contribution in [0.5, 0.6) is 0 Å². The number of hydrogen-bond acceptors (Lipinski definition) is 7. The van der Waals surface area contributed by atoms with Gasteiger partial charge in [0.15, 0.2) is 0 Å². The van der Waals surface area contributed by atoms with Gasteiger partial charge in [-0.25, -0.2) is 12.8 Å². The number of sulfonamides is 1. The topological polar surface area (TPSA) is 126 Å². The Morgan fingerprint density at radius 2 is 1.56 bits per heavy atom. The molecule has 1 saturated heterocycles. The second-order valence-corrected chi connectivity index (χ2v) is 13.1. The van der Waals surface area contributed by atoms with E-state index in [1.54, 1.807) is 12.1 Å². The first-order valence-corrected chi connectivity index (χ1v) is 15.7. The van der Waals surface area contributed by atoms with E-state index in [0.717, 1.165) is 0 Å². The predicted molar refractivity (Wildman–Crippen MR) is 156 cm³/mol. The molecule has 2 atom stereocenters. The summed E-state index contributed by atoms with van der Waals surface area (Å²) in [6, 6.07) is 15.1. The SMILES string of the molecule is CC(C)c1c(S(=O)(=O)N2CCN(C)CC2)c(-c2ccccc2)c(-c2ccc(F)cc2)n1CC[C@@H](O)C[C@@H](O)CC(=O)[O-].[Na+]. The van der Waals surface area contributed by atoms with Gasteiger partial charge in [0.05, 0.1) is 17.9 Å². The average Bonchev–Trinajstić information content (AvgIpc) is 3.29. The van der Waals surface area contributed by atoms with Gasteiger partial charge in [-0.05, 0) is 61.2 Å². The van der Waals surface area contributed by atoms with E-state index < -0.39 is 40.4 Å². The number of carboxylic acid groups (broad SMARTS) is 1. The first kappa shape index (κ1) is 35.4. The van der Waals surface area contributed by atoms with E-state index in [9.17, 15) is 32.9 Å². The summed E-state index contributed by atoms with van der Waals surface area (Å²) in [7, 11) is -2.04. The van der Waals surface area contributed by atoms with Crippen molar-refractivity contribution in [2.75, 3.05) is 33.2 Å². The molecule has 1 aromatic heterocycles. The summed E-state index contributed by atoms with van der Waals surface area (Å²) in [5.74, 6) is -2.09. The minimum atomic E-state index is -3.99. The smallest absolute Gasteiger partial charge is 0.550 e. The molecule has 3 aromatic rings. The van der Waals surface area contributed by atoms with Crippen molar-refractivity contribution in [3.05, 3.63) is 66.1 Å². The van der Waals surface area contributed by atoms with Gasteiger partial charge >= 0.3 is 29.6 Å². The monoisotopic (exact) mass is 623 g/mol. The summed E-state index contributed by atoms with van der Waals surface area (Å²) in [6.07, 6.45) is -2.97. The minimum absolute atomic E-state index is 0. The molecule has 0 aliphatic carbocycles. The van der Waals surface area contributed by atoms with Crippen LogP contribution in [0.25, 0.3) is 22.4 Å². The molecule has 0 unspecified atom stereocenters. The molecular formula is C31H39FN3NaO6S. The summed E-state index contributed by atoms with van der Waals surface area (Å²) in [4.78, 5) is 13.2. The standard InChI is InChI=1S/C31H40FN3O6S.Na/c1-21(2)29-31(42(40,41)34-17-15-33(3)16-18-34)28(22-7-5-4-6-8-22)30(23-9-11-24(32)12-10-23)35(29)14-13-25(36)19-26(37)20-27(38)39;/h4-12,21,25-26,36-37H,13-20H2,1-3H3,(H,38,39);/q;+1/p-1/t25-,26-;/m1./s1. The molecule has 0 bridgehead atoms. The van der Waals surface area contributed by atoms with E-state index >= 15 is 0 Å². The van der Waals surface area contributed by atoms with Crippen molar-refractivity contribution < 1.29 is 62.5 Å². The van der Waals surface area contributed by atoms with Crippen LogP contribution in [0.2, 0.25) is 0 Å². The molecule has 0 saturated carbocycles. The van der Waals surface area contributed by atoms with Crippen molar-refractivity contribution in [1.82, 2.24) is 13.8 Å². The van der Waals surface area contributed by atoms with Gasteiger partial charge in [-0.1, -0.05) is 44.2 Å². The first-order chi connectivity index (χ1) is 19.9. The fraction of sp³-hybridized carbons (Fsp3) is 0.452. The molecule has 0 amide bonds. The van der Waals surface area contributed by atoms with Crippen LogP contribution < -0.4 is 34.7 Å². The number of nitrogens with zero attached hydrogens (tertiary/aromatic N) is 3. The van der Waals surface area contributed by atoms with Gasteiger partial charge in [-0.2, -0.15) is 4.31 Å². The Bertz CT molecular complexity index is 1470. The third kappa shape index (κ3) is 8.34. The van der Waals surface area contributed by atoms with Crippen molar-refractivity contribution in [1.29, 1.82) is 0 Å². The van der Waals surface area contributed by atoms with Crippen LogP contribution in [0.1, 0.15) is 44.7 Å². The number of likely N-dealkylation sites (N-methyl/N-ethyl adjacent to an activating group) is 1. The number of aliphatic carboxylic acids is 1. The first-order valence-electron chi connectivity index (χ1n) is 14.2. The van der Waals surface area contributed by atoms with Gasteiger partial charge in [0.1, 0.15) is 10.7 Å². The van der Waals surface area contributed by atoms with Gasteiger partial charge in [0, 0.05) is 56.4 Å². The molecule has 2 N–H and O–H groups in total. The summed E-state index contributed by atoms with van der Waals surface area (Å²) in [5.41, 5.74) is 2.96. The van der Waals surface area contributed by atoms with Crippen LogP contribution in [0.3, 0.4) is 0 Å². The van der Waals surface area contributed by atoms with Crippen LogP contribution in [-0.2, 0) is 21.4 Å². The molecule has 1 aliphatic heterocycles. The number of halogens is 1. The van der Waals surface area contributed by atoms with E-state index in [1.165, 1.54) is 16.4 Å². The van der Waals surface area contributed by atoms with Crippen molar-refractivity contribution in [3.8, 4) is 22.4 Å². The van der Waals surface area contributed by atoms with Gasteiger partial charge in [0.2, 0.25) is 10.0 Å². The normalized spacial score (nSPS) is 16.2. The molecule has 1 fully saturated rings. The number of aliphatic hydroxyl groups is 2. The Balaban J connectivity index is 0.00000506. The second kappa shape index (κ2) is 15.3. The molecule has 0 radical (unpaired) electrons. The van der Waals surface area contributed by atoms with Gasteiger partial charge in [-0.3, -0.25) is 0 Å². The third-order valence-electron chi connectivity index (χ3n) is 7.68. The van der Waals surface area contributed by atoms with Gasteiger partial charge in [-0.15, -0.1) is 0 Å². The van der Waals surface area contributed by atoms with E-state index in [-0.39, 0.29) is 59.8 Å². The van der Waals surface area contributed by atoms with Gasteiger partial charge in [0.25, 0.3) is 0 Å². The molecule has 0 spiro atoms. The molecule has 43 heavy (non-hydrogen) atoms. The van der Waals surface area contributed by atoms with Gasteiger partial charge < -0.3 is 29.6 Å². The maximum Gasteiger partial charge on any atom is 1.00 e. The van der Waals surface area contributed by atoms with Crippen molar-refractivity contribution in [3.63, 3.8) is 0 Å². The minimum Gasteiger partial charge on any atom is -0.550 e. The molecule has 2 aromatic carbocycles. The number of aliphatic hydroxyl groups excluding tert-OH is 2. The number of carboxylic acids is 1. The summed E-state index contributed by atoms with van der Waals surface area (Å²) in [5, 5.41) is 31.7. The van der Waals surface area contributed by atoms with Crippen LogP contribution in [0, 0.1) is 5.82 Å². The Morgan fingerprint density at radius 3 is 2.12 bits per heavy atom. The Hall–Kier alpha value is -2.09. The quantitative estimate of drug-likeness (QED) is 0.265. The molecular weight excluding hydrogens is 584 g/mol. The summed E-state index contributed by atoms with van der Waals surface area (Å²) >= 11 is 0. The zero-order valence-corrected chi connectivity index (χ0v) is 28.1. The van der Waals surface area contributed by atoms with Crippen LogP contribution in [-0.4, -0.2) is 83.8 Å². The number of carbonyl (C=O) groups is 1. The van der Waals surface area contributed by atoms with E-state index in [0.29, 0.717) is 54.3 Å². The Kier molecular flexibility index (Phi) is 12.6. The third-order valence-corrected chi connectivity index (χ3v) is 9.65. The largest absolute Gasteiger partial charge is 1.00 e. The molecule has 228 valence electrons. The van der Waals surface area contributed by atoms with Crippen molar-refractivity contribution in [2.24, 2.45) is 0 Å². The molecule has 4 rings (SSSR count). The second-order valence-electron chi connectivity index (χ2n) is 11.2. The predicted octanol–water partition coefficient (Wildman–Crippen LogP) is -0.333. The van der Waals surface area contributed by atoms with E-state index in [1.807, 2.05) is 55.8 Å². The number of piperazine rings is 1. The Morgan fingerprint density at radius 1 is 0.953 bits per heavy atom. The van der Waals surface area contributed by atoms with E-state index in [2.05, 4.69) is 4.90 Å². The van der Waals surface area contributed by atoms with E-state index in [4.69, 9.17) is 0 Å². The maximum absolute atomic E-state index is 14.5.